The number of nitrogens with one attached hydrogen (secondary N) is 1. The zero-order valence-corrected chi connectivity index (χ0v) is 11.2. The van der Waals surface area contributed by atoms with Gasteiger partial charge in [0.1, 0.15) is 11.6 Å². The number of amides is 1. The third kappa shape index (κ3) is 4.87. The van der Waals surface area contributed by atoms with Gasteiger partial charge in [-0.2, -0.15) is 0 Å². The van der Waals surface area contributed by atoms with Crippen LogP contribution in [0.15, 0.2) is 18.2 Å². The van der Waals surface area contributed by atoms with Gasteiger partial charge in [0, 0.05) is 6.54 Å². The van der Waals surface area contributed by atoms with Crippen molar-refractivity contribution in [3.8, 4) is 5.75 Å². The molecule has 0 aliphatic carbocycles. The molecule has 4 N–H and O–H groups in total. The van der Waals surface area contributed by atoms with Gasteiger partial charge < -0.3 is 16.2 Å². The smallest absolute Gasteiger partial charge is 0.255 e. The third-order valence-electron chi connectivity index (χ3n) is 3.03. The number of hydrogen-bond acceptors (Lipinski definition) is 3. The van der Waals surface area contributed by atoms with Crippen LogP contribution in [-0.4, -0.2) is 24.1 Å². The molecule has 1 rings (SSSR count). The molecule has 0 saturated carbocycles. The molecule has 0 aliphatic rings. The molecular weight excluding hydrogens is 247 g/mol. The van der Waals surface area contributed by atoms with Gasteiger partial charge in [0.15, 0.2) is 0 Å². The standard InChI is InChI=1S/C14H21FN2O2/c1-2-3-10(6-7-16)9-17-14(19)12-8-11(15)4-5-13(12)18/h4-5,8,10,18H,2-3,6-7,9,16H2,1H3,(H,17,19). The maximum Gasteiger partial charge on any atom is 0.255 e. The van der Waals surface area contributed by atoms with Crippen LogP contribution in [0.25, 0.3) is 0 Å². The molecule has 1 amide bonds. The van der Waals surface area contributed by atoms with Gasteiger partial charge in [-0.15, -0.1) is 0 Å². The number of aromatic hydroxyl groups is 1. The SMILES string of the molecule is CCCC(CCN)CNC(=O)c1cc(F)ccc1O. The van der Waals surface area contributed by atoms with E-state index in [0.717, 1.165) is 31.4 Å². The molecule has 106 valence electrons. The summed E-state index contributed by atoms with van der Waals surface area (Å²) in [5.74, 6) is -0.912. The predicted molar refractivity (Wildman–Crippen MR) is 72.5 cm³/mol. The number of nitrogens with two attached hydrogens (primary N) is 1. The Morgan fingerprint density at radius 1 is 1.47 bits per heavy atom. The lowest BCUT2D eigenvalue weighted by molar-refractivity contribution is 0.0942. The number of halogens is 1. The van der Waals surface area contributed by atoms with Crippen molar-refractivity contribution in [3.05, 3.63) is 29.6 Å². The Morgan fingerprint density at radius 3 is 2.84 bits per heavy atom. The molecule has 1 unspecified atom stereocenters. The van der Waals surface area contributed by atoms with Crippen molar-refractivity contribution in [2.45, 2.75) is 26.2 Å². The number of rotatable bonds is 7. The highest BCUT2D eigenvalue weighted by molar-refractivity contribution is 5.96. The van der Waals surface area contributed by atoms with Crippen LogP contribution >= 0.6 is 0 Å². The summed E-state index contributed by atoms with van der Waals surface area (Å²) in [5.41, 5.74) is 5.48. The van der Waals surface area contributed by atoms with Crippen LogP contribution in [0.5, 0.6) is 5.75 Å². The average molecular weight is 268 g/mol. The first kappa shape index (κ1) is 15.4. The van der Waals surface area contributed by atoms with Gasteiger partial charge >= 0.3 is 0 Å². The van der Waals surface area contributed by atoms with Crippen molar-refractivity contribution in [1.82, 2.24) is 5.32 Å². The summed E-state index contributed by atoms with van der Waals surface area (Å²) >= 11 is 0. The minimum atomic E-state index is -0.546. The van der Waals surface area contributed by atoms with E-state index in [-0.39, 0.29) is 11.3 Å². The summed E-state index contributed by atoms with van der Waals surface area (Å²) in [7, 11) is 0. The Morgan fingerprint density at radius 2 is 2.21 bits per heavy atom. The van der Waals surface area contributed by atoms with Gasteiger partial charge in [0.25, 0.3) is 5.91 Å². The second-order valence-corrected chi connectivity index (χ2v) is 4.60. The summed E-state index contributed by atoms with van der Waals surface area (Å²) in [6, 6.07) is 3.32. The van der Waals surface area contributed by atoms with Crippen LogP contribution in [-0.2, 0) is 0 Å². The van der Waals surface area contributed by atoms with Gasteiger partial charge in [0.05, 0.1) is 5.56 Å². The fourth-order valence-electron chi connectivity index (χ4n) is 2.01. The Balaban J connectivity index is 2.61. The number of phenolic OH excluding ortho intramolecular Hbond substituents is 1. The average Bonchev–Trinajstić information content (AvgIpc) is 2.39. The van der Waals surface area contributed by atoms with E-state index in [0.29, 0.717) is 19.0 Å². The summed E-state index contributed by atoms with van der Waals surface area (Å²) in [6.07, 6.45) is 2.83. The number of hydrogen-bond donors (Lipinski definition) is 3. The molecule has 0 bridgehead atoms. The van der Waals surface area contributed by atoms with Crippen molar-refractivity contribution in [2.24, 2.45) is 11.7 Å². The second kappa shape index (κ2) is 7.74. The summed E-state index contributed by atoms with van der Waals surface area (Å²) in [4.78, 5) is 11.9. The highest BCUT2D eigenvalue weighted by Crippen LogP contribution is 2.18. The first-order chi connectivity index (χ1) is 9.08. The lowest BCUT2D eigenvalue weighted by Gasteiger charge is -2.16. The van der Waals surface area contributed by atoms with Crippen molar-refractivity contribution >= 4 is 5.91 Å². The maximum atomic E-state index is 13.0. The van der Waals surface area contributed by atoms with Crippen molar-refractivity contribution < 1.29 is 14.3 Å². The van der Waals surface area contributed by atoms with Crippen molar-refractivity contribution in [2.75, 3.05) is 13.1 Å². The first-order valence-corrected chi connectivity index (χ1v) is 6.55. The lowest BCUT2D eigenvalue weighted by atomic mass is 9.99. The fraction of sp³-hybridized carbons (Fsp3) is 0.500. The van der Waals surface area contributed by atoms with E-state index >= 15 is 0 Å². The maximum absolute atomic E-state index is 13.0. The second-order valence-electron chi connectivity index (χ2n) is 4.60. The fourth-order valence-corrected chi connectivity index (χ4v) is 2.01. The Bertz CT molecular complexity index is 418. The van der Waals surface area contributed by atoms with E-state index in [2.05, 4.69) is 12.2 Å². The molecule has 1 aromatic carbocycles. The van der Waals surface area contributed by atoms with E-state index in [1.165, 1.54) is 6.07 Å². The molecule has 19 heavy (non-hydrogen) atoms. The van der Waals surface area contributed by atoms with Gasteiger partial charge in [-0.05, 0) is 43.5 Å². The van der Waals surface area contributed by atoms with Crippen molar-refractivity contribution in [3.63, 3.8) is 0 Å². The molecule has 0 aliphatic heterocycles. The summed E-state index contributed by atoms with van der Waals surface area (Å²) in [6.45, 7) is 3.13. The molecule has 1 atom stereocenters. The normalized spacial score (nSPS) is 12.2. The molecule has 0 heterocycles. The lowest BCUT2D eigenvalue weighted by Crippen LogP contribution is -2.30. The van der Waals surface area contributed by atoms with Gasteiger partial charge in [-0.3, -0.25) is 4.79 Å². The topological polar surface area (TPSA) is 75.3 Å². The van der Waals surface area contributed by atoms with Crippen LogP contribution in [0.4, 0.5) is 4.39 Å². The van der Waals surface area contributed by atoms with E-state index in [1.54, 1.807) is 0 Å². The Labute approximate surface area is 112 Å². The molecule has 1 aromatic rings. The minimum absolute atomic E-state index is 0.0389. The largest absolute Gasteiger partial charge is 0.507 e. The van der Waals surface area contributed by atoms with E-state index in [9.17, 15) is 14.3 Å². The zero-order chi connectivity index (χ0) is 14.3. The number of carbonyl (C=O) groups is 1. The van der Waals surface area contributed by atoms with Crippen molar-refractivity contribution in [1.29, 1.82) is 0 Å². The Kier molecular flexibility index (Phi) is 6.29. The van der Waals surface area contributed by atoms with Gasteiger partial charge in [-0.1, -0.05) is 13.3 Å². The molecule has 0 radical (unpaired) electrons. The summed E-state index contributed by atoms with van der Waals surface area (Å²) in [5, 5.41) is 12.2. The molecule has 0 spiro atoms. The molecule has 0 fully saturated rings. The number of benzene rings is 1. The molecule has 0 aromatic heterocycles. The van der Waals surface area contributed by atoms with Gasteiger partial charge in [0.2, 0.25) is 0 Å². The van der Waals surface area contributed by atoms with Gasteiger partial charge in [-0.25, -0.2) is 4.39 Å². The number of carbonyl (C=O) groups excluding carboxylic acids is 1. The monoisotopic (exact) mass is 268 g/mol. The summed E-state index contributed by atoms with van der Waals surface area (Å²) < 4.78 is 13.0. The van der Waals surface area contributed by atoms with Crippen LogP contribution < -0.4 is 11.1 Å². The van der Waals surface area contributed by atoms with E-state index in [4.69, 9.17) is 5.73 Å². The first-order valence-electron chi connectivity index (χ1n) is 6.55. The molecule has 0 saturated heterocycles. The minimum Gasteiger partial charge on any atom is -0.507 e. The number of phenols is 1. The highest BCUT2D eigenvalue weighted by atomic mass is 19.1. The van der Waals surface area contributed by atoms with Crippen LogP contribution in [0, 0.1) is 11.7 Å². The molecular formula is C14H21FN2O2. The highest BCUT2D eigenvalue weighted by Gasteiger charge is 2.14. The third-order valence-corrected chi connectivity index (χ3v) is 3.03. The van der Waals surface area contributed by atoms with Crippen LogP contribution in [0.1, 0.15) is 36.5 Å². The van der Waals surface area contributed by atoms with Crippen LogP contribution in [0.3, 0.4) is 0 Å². The van der Waals surface area contributed by atoms with E-state index < -0.39 is 11.7 Å². The van der Waals surface area contributed by atoms with E-state index in [1.807, 2.05) is 0 Å². The quantitative estimate of drug-likeness (QED) is 0.708. The molecule has 4 nitrogen and oxygen atoms in total. The van der Waals surface area contributed by atoms with Crippen LogP contribution in [0.2, 0.25) is 0 Å². The predicted octanol–water partition coefficient (Wildman–Crippen LogP) is 2.03. The molecule has 5 heteroatoms. The zero-order valence-electron chi connectivity index (χ0n) is 11.2. The Hall–Kier alpha value is -1.62.